The number of carbonyl (C=O) groups excluding carboxylic acids is 2. The minimum absolute atomic E-state index is 0.0199. The lowest BCUT2D eigenvalue weighted by atomic mass is 10.2. The number of carbonyl (C=O) groups is 2. The summed E-state index contributed by atoms with van der Waals surface area (Å²) in [6, 6.07) is 10.4. The van der Waals surface area contributed by atoms with E-state index in [0.29, 0.717) is 24.5 Å². The highest BCUT2D eigenvalue weighted by Gasteiger charge is 2.30. The number of anilines is 1. The first-order valence-corrected chi connectivity index (χ1v) is 8.26. The highest BCUT2D eigenvalue weighted by Crippen LogP contribution is 2.30. The average Bonchev–Trinajstić information content (AvgIpc) is 2.66. The standard InChI is InChI=1S/C19H19F3N2O4/c1-27-10-9-23-18(26)13-5-7-16(8-6-13)28-12-17(25)24-15-4-2-3-14(11-15)19(20,21)22/h2-8,11H,9-10,12H2,1H3,(H,23,26)(H,24,25). The van der Waals surface area contributed by atoms with Crippen LogP contribution < -0.4 is 15.4 Å². The second-order valence-corrected chi connectivity index (χ2v) is 5.69. The normalized spacial score (nSPS) is 11.0. The maximum atomic E-state index is 12.7. The third kappa shape index (κ3) is 6.58. The number of hydrogen-bond acceptors (Lipinski definition) is 4. The van der Waals surface area contributed by atoms with Gasteiger partial charge in [0, 0.05) is 24.9 Å². The molecule has 9 heteroatoms. The summed E-state index contributed by atoms with van der Waals surface area (Å²) >= 11 is 0. The largest absolute Gasteiger partial charge is 0.484 e. The first-order chi connectivity index (χ1) is 13.3. The number of amides is 2. The summed E-state index contributed by atoms with van der Waals surface area (Å²) < 4.78 is 48.2. The van der Waals surface area contributed by atoms with Crippen molar-refractivity contribution in [1.29, 1.82) is 0 Å². The number of alkyl halides is 3. The number of rotatable bonds is 8. The van der Waals surface area contributed by atoms with Gasteiger partial charge in [0.1, 0.15) is 5.75 Å². The fraction of sp³-hybridized carbons (Fsp3) is 0.263. The summed E-state index contributed by atoms with van der Waals surface area (Å²) in [7, 11) is 1.53. The second kappa shape index (κ2) is 9.75. The Balaban J connectivity index is 1.85. The van der Waals surface area contributed by atoms with Gasteiger partial charge in [0.05, 0.1) is 12.2 Å². The van der Waals surface area contributed by atoms with Crippen molar-refractivity contribution in [3.63, 3.8) is 0 Å². The molecular weight excluding hydrogens is 377 g/mol. The van der Waals surface area contributed by atoms with Crippen LogP contribution in [0.25, 0.3) is 0 Å². The summed E-state index contributed by atoms with van der Waals surface area (Å²) in [5.41, 5.74) is -0.422. The summed E-state index contributed by atoms with van der Waals surface area (Å²) in [6.45, 7) is 0.382. The van der Waals surface area contributed by atoms with Crippen LogP contribution in [-0.2, 0) is 15.7 Å². The fourth-order valence-corrected chi connectivity index (χ4v) is 2.19. The molecule has 0 aliphatic heterocycles. The van der Waals surface area contributed by atoms with Crippen molar-refractivity contribution < 1.29 is 32.2 Å². The van der Waals surface area contributed by atoms with Crippen LogP contribution in [0.2, 0.25) is 0 Å². The minimum Gasteiger partial charge on any atom is -0.484 e. The Hall–Kier alpha value is -3.07. The number of methoxy groups -OCH3 is 1. The van der Waals surface area contributed by atoms with E-state index in [4.69, 9.17) is 9.47 Å². The SMILES string of the molecule is COCCNC(=O)c1ccc(OCC(=O)Nc2cccc(C(F)(F)F)c2)cc1. The van der Waals surface area contributed by atoms with Crippen molar-refractivity contribution in [3.8, 4) is 5.75 Å². The Labute approximate surface area is 159 Å². The van der Waals surface area contributed by atoms with E-state index in [-0.39, 0.29) is 11.6 Å². The van der Waals surface area contributed by atoms with E-state index in [1.54, 1.807) is 0 Å². The number of benzene rings is 2. The van der Waals surface area contributed by atoms with Crippen molar-refractivity contribution in [2.45, 2.75) is 6.18 Å². The maximum Gasteiger partial charge on any atom is 0.416 e. The minimum atomic E-state index is -4.49. The lowest BCUT2D eigenvalue weighted by Crippen LogP contribution is -2.26. The van der Waals surface area contributed by atoms with Gasteiger partial charge in [0.2, 0.25) is 0 Å². The van der Waals surface area contributed by atoms with Crippen LogP contribution in [0.4, 0.5) is 18.9 Å². The highest BCUT2D eigenvalue weighted by molar-refractivity contribution is 5.94. The lowest BCUT2D eigenvalue weighted by Gasteiger charge is -2.11. The molecule has 0 unspecified atom stereocenters. The van der Waals surface area contributed by atoms with E-state index < -0.39 is 24.3 Å². The van der Waals surface area contributed by atoms with Gasteiger partial charge < -0.3 is 20.1 Å². The molecule has 2 rings (SSSR count). The van der Waals surface area contributed by atoms with Crippen LogP contribution in [0.1, 0.15) is 15.9 Å². The van der Waals surface area contributed by atoms with E-state index in [0.717, 1.165) is 12.1 Å². The third-order valence-corrected chi connectivity index (χ3v) is 3.55. The van der Waals surface area contributed by atoms with E-state index in [2.05, 4.69) is 10.6 Å². The average molecular weight is 396 g/mol. The van der Waals surface area contributed by atoms with Crippen molar-refractivity contribution >= 4 is 17.5 Å². The number of nitrogens with one attached hydrogen (secondary N) is 2. The van der Waals surface area contributed by atoms with Crippen LogP contribution in [-0.4, -0.2) is 38.7 Å². The molecule has 0 atom stereocenters. The molecule has 0 aromatic heterocycles. The van der Waals surface area contributed by atoms with Gasteiger partial charge in [-0.25, -0.2) is 0 Å². The molecule has 2 N–H and O–H groups in total. The van der Waals surface area contributed by atoms with Crippen molar-refractivity contribution in [2.24, 2.45) is 0 Å². The molecule has 0 saturated heterocycles. The summed E-state index contributed by atoms with van der Waals surface area (Å²) in [5, 5.41) is 5.01. The Kier molecular flexibility index (Phi) is 7.39. The number of hydrogen-bond donors (Lipinski definition) is 2. The van der Waals surface area contributed by atoms with Crippen molar-refractivity contribution in [1.82, 2.24) is 5.32 Å². The molecular formula is C19H19F3N2O4. The molecule has 0 aliphatic carbocycles. The topological polar surface area (TPSA) is 76.7 Å². The van der Waals surface area contributed by atoms with Crippen LogP contribution in [0.3, 0.4) is 0 Å². The van der Waals surface area contributed by atoms with E-state index in [1.165, 1.54) is 43.5 Å². The smallest absolute Gasteiger partial charge is 0.416 e. The van der Waals surface area contributed by atoms with Crippen molar-refractivity contribution in [3.05, 3.63) is 59.7 Å². The first kappa shape index (κ1) is 21.2. The predicted octanol–water partition coefficient (Wildman–Crippen LogP) is 3.10. The molecule has 6 nitrogen and oxygen atoms in total. The molecule has 2 amide bonds. The summed E-state index contributed by atoms with van der Waals surface area (Å²) in [4.78, 5) is 23.7. The second-order valence-electron chi connectivity index (χ2n) is 5.69. The zero-order valence-electron chi connectivity index (χ0n) is 15.0. The van der Waals surface area contributed by atoms with Crippen LogP contribution in [0.15, 0.2) is 48.5 Å². The van der Waals surface area contributed by atoms with Crippen LogP contribution in [0.5, 0.6) is 5.75 Å². The van der Waals surface area contributed by atoms with Gasteiger partial charge in [-0.05, 0) is 42.5 Å². The van der Waals surface area contributed by atoms with Gasteiger partial charge in [-0.1, -0.05) is 6.07 Å². The van der Waals surface area contributed by atoms with Crippen molar-refractivity contribution in [2.75, 3.05) is 32.2 Å². The Bertz CT molecular complexity index is 808. The van der Waals surface area contributed by atoms with E-state index in [9.17, 15) is 22.8 Å². The van der Waals surface area contributed by atoms with E-state index >= 15 is 0 Å². The fourth-order valence-electron chi connectivity index (χ4n) is 2.19. The van der Waals surface area contributed by atoms with Gasteiger partial charge in [0.25, 0.3) is 11.8 Å². The maximum absolute atomic E-state index is 12.7. The van der Waals surface area contributed by atoms with Crippen LogP contribution >= 0.6 is 0 Å². The molecule has 150 valence electrons. The Morgan fingerprint density at radius 2 is 1.79 bits per heavy atom. The van der Waals surface area contributed by atoms with Gasteiger partial charge in [-0.15, -0.1) is 0 Å². The summed E-state index contributed by atoms with van der Waals surface area (Å²) in [5.74, 6) is -0.542. The first-order valence-electron chi connectivity index (χ1n) is 8.26. The molecule has 0 radical (unpaired) electrons. The molecule has 0 saturated carbocycles. The summed E-state index contributed by atoms with van der Waals surface area (Å²) in [6.07, 6.45) is -4.49. The van der Waals surface area contributed by atoms with Gasteiger partial charge in [0.15, 0.2) is 6.61 Å². The molecule has 0 fully saturated rings. The van der Waals surface area contributed by atoms with Crippen LogP contribution in [0, 0.1) is 0 Å². The lowest BCUT2D eigenvalue weighted by molar-refractivity contribution is -0.137. The highest BCUT2D eigenvalue weighted by atomic mass is 19.4. The Morgan fingerprint density at radius 1 is 1.07 bits per heavy atom. The van der Waals surface area contributed by atoms with Gasteiger partial charge >= 0.3 is 6.18 Å². The molecule has 0 heterocycles. The predicted molar refractivity (Wildman–Crippen MR) is 96.2 cm³/mol. The number of halogens is 3. The quantitative estimate of drug-likeness (QED) is 0.673. The van der Waals surface area contributed by atoms with Gasteiger partial charge in [-0.2, -0.15) is 13.2 Å². The molecule has 2 aromatic rings. The van der Waals surface area contributed by atoms with E-state index in [1.807, 2.05) is 0 Å². The zero-order chi connectivity index (χ0) is 20.6. The Morgan fingerprint density at radius 3 is 2.43 bits per heavy atom. The monoisotopic (exact) mass is 396 g/mol. The zero-order valence-corrected chi connectivity index (χ0v) is 15.0. The molecule has 2 aromatic carbocycles. The third-order valence-electron chi connectivity index (χ3n) is 3.55. The molecule has 0 bridgehead atoms. The molecule has 0 spiro atoms. The van der Waals surface area contributed by atoms with Gasteiger partial charge in [-0.3, -0.25) is 9.59 Å². The molecule has 0 aliphatic rings. The molecule has 28 heavy (non-hydrogen) atoms. The number of ether oxygens (including phenoxy) is 2.